The molecule has 0 aromatic heterocycles. The van der Waals surface area contributed by atoms with Crippen molar-refractivity contribution >= 4 is 7.32 Å². The molecule has 0 saturated carbocycles. The van der Waals surface area contributed by atoms with Gasteiger partial charge in [0.15, 0.2) is 0 Å². The molecule has 3 atom stereocenters. The van der Waals surface area contributed by atoms with Crippen LogP contribution < -0.4 is 0 Å². The smallest absolute Gasteiger partial charge is 0.402 e. The maximum atomic E-state index is 7.17. The molecule has 3 unspecified atom stereocenters. The van der Waals surface area contributed by atoms with Gasteiger partial charge in [0.2, 0.25) is 0 Å². The molecule has 0 aliphatic heterocycles. The van der Waals surface area contributed by atoms with Crippen LogP contribution in [0, 0.1) is 0 Å². The second kappa shape index (κ2) is 50.1. The van der Waals surface area contributed by atoms with Crippen LogP contribution in [-0.2, 0) is 16.2 Å². The lowest BCUT2D eigenvalue weighted by atomic mass is 9.66. The Morgan fingerprint density at radius 2 is 0.330 bits per heavy atom. The van der Waals surface area contributed by atoms with Crippen molar-refractivity contribution in [1.29, 1.82) is 0 Å². The van der Waals surface area contributed by atoms with Crippen molar-refractivity contribution in [1.82, 2.24) is 14.7 Å². The molecule has 0 amide bonds. The van der Waals surface area contributed by atoms with Gasteiger partial charge in [-0.1, -0.05) is 444 Å². The van der Waals surface area contributed by atoms with Crippen molar-refractivity contribution in [2.75, 3.05) is 39.3 Å². The third-order valence-corrected chi connectivity index (χ3v) is 23.4. The molecule has 7 heteroatoms. The molecule has 600 valence electrons. The Morgan fingerprint density at radius 1 is 0.209 bits per heavy atom. The Kier molecular flexibility index (Phi) is 38.9. The number of hydrogen-bond donors (Lipinski definition) is 3. The highest BCUT2D eigenvalue weighted by Crippen LogP contribution is 2.49. The molecule has 12 rings (SSSR count). The zero-order chi connectivity index (χ0) is 80.9. The molecule has 12 aromatic carbocycles. The SMILES string of the molecule is CCCCN(CCCC)C(CCC(c1ccccc1)(c1ccccc1)c1ccccc1)c1ccccc1.CCCCN(CCCC)C(CCC(c1ccccc1)(c1ccccc1)c1ccccc1)c1ccccc1.CCCCN(CCCC)C(CCC(c1ccccc1)(c1ccccc1)c1ccccc1)c1ccccc1.OB(O)O. The molecule has 0 aliphatic carbocycles. The van der Waals surface area contributed by atoms with Gasteiger partial charge < -0.3 is 15.1 Å². The number of nitrogens with zero attached hydrogens (tertiary/aromatic N) is 3. The van der Waals surface area contributed by atoms with Crippen molar-refractivity contribution in [2.45, 2.75) is 191 Å². The highest BCUT2D eigenvalue weighted by molar-refractivity contribution is 6.30. The molecule has 0 heterocycles. The van der Waals surface area contributed by atoms with Gasteiger partial charge in [-0.25, -0.2) is 0 Å². The summed E-state index contributed by atoms with van der Waals surface area (Å²) in [5, 5.41) is 21.5. The lowest BCUT2D eigenvalue weighted by Crippen LogP contribution is -2.35. The molecular formula is C108H132BN3O3. The maximum absolute atomic E-state index is 7.17. The highest BCUT2D eigenvalue weighted by Gasteiger charge is 2.41. The Hall–Kier alpha value is -9.54. The number of unbranched alkanes of at least 4 members (excludes halogenated alkanes) is 6. The zero-order valence-electron chi connectivity index (χ0n) is 70.1. The first-order valence-electron chi connectivity index (χ1n) is 43.5. The largest absolute Gasteiger partial charge is 0.631 e. The first-order chi connectivity index (χ1) is 56.6. The van der Waals surface area contributed by atoms with Crippen LogP contribution >= 0.6 is 0 Å². The van der Waals surface area contributed by atoms with Crippen LogP contribution in [0.1, 0.15) is 242 Å². The zero-order valence-corrected chi connectivity index (χ0v) is 70.1. The minimum atomic E-state index is -2.17. The topological polar surface area (TPSA) is 70.4 Å². The summed E-state index contributed by atoms with van der Waals surface area (Å²) in [5.74, 6) is 0. The Morgan fingerprint density at radius 3 is 0.452 bits per heavy atom. The molecule has 3 N–H and O–H groups in total. The average molecular weight is 1530 g/mol. The maximum Gasteiger partial charge on any atom is 0.631 e. The molecule has 0 saturated heterocycles. The second-order valence-corrected chi connectivity index (χ2v) is 31.0. The van der Waals surface area contributed by atoms with E-state index in [4.69, 9.17) is 15.1 Å². The third kappa shape index (κ3) is 25.7. The van der Waals surface area contributed by atoms with Crippen LogP contribution in [0.2, 0.25) is 0 Å². The van der Waals surface area contributed by atoms with E-state index in [1.165, 1.54) is 144 Å². The van der Waals surface area contributed by atoms with Crippen molar-refractivity contribution in [3.05, 3.63) is 431 Å². The van der Waals surface area contributed by atoms with E-state index in [0.29, 0.717) is 18.1 Å². The molecule has 6 nitrogen and oxygen atoms in total. The quantitative estimate of drug-likeness (QED) is 0.0262. The van der Waals surface area contributed by atoms with E-state index in [0.717, 1.165) is 77.8 Å². The van der Waals surface area contributed by atoms with Gasteiger partial charge in [0, 0.05) is 34.4 Å². The normalized spacial score (nSPS) is 12.3. The monoisotopic (exact) mass is 1530 g/mol. The fraction of sp³-hybridized carbons (Fsp3) is 0.333. The van der Waals surface area contributed by atoms with Gasteiger partial charge in [-0.05, 0) is 183 Å². The number of hydrogen-bond acceptors (Lipinski definition) is 6. The van der Waals surface area contributed by atoms with E-state index in [9.17, 15) is 0 Å². The minimum Gasteiger partial charge on any atom is -0.402 e. The summed E-state index contributed by atoms with van der Waals surface area (Å²) in [6.07, 6.45) is 21.2. The van der Waals surface area contributed by atoms with Gasteiger partial charge in [0.05, 0.1) is 0 Å². The summed E-state index contributed by atoms with van der Waals surface area (Å²) < 4.78 is 0. The van der Waals surface area contributed by atoms with Gasteiger partial charge >= 0.3 is 7.32 Å². The molecular weight excluding hydrogens is 1400 g/mol. The van der Waals surface area contributed by atoms with Gasteiger partial charge in [0.25, 0.3) is 0 Å². The molecule has 0 radical (unpaired) electrons. The summed E-state index contributed by atoms with van der Waals surface area (Å²) in [6, 6.07) is 135. The minimum absolute atomic E-state index is 0.210. The van der Waals surface area contributed by atoms with E-state index in [-0.39, 0.29) is 16.2 Å². The summed E-state index contributed by atoms with van der Waals surface area (Å²) in [6.45, 7) is 20.8. The average Bonchev–Trinajstić information content (AvgIpc) is 0.767. The Balaban J connectivity index is 0.000000193. The van der Waals surface area contributed by atoms with Crippen molar-refractivity contribution in [2.24, 2.45) is 0 Å². The van der Waals surface area contributed by atoms with Gasteiger partial charge in [-0.3, -0.25) is 14.7 Å². The molecule has 0 fully saturated rings. The fourth-order valence-electron chi connectivity index (χ4n) is 17.5. The molecule has 115 heavy (non-hydrogen) atoms. The molecule has 0 aliphatic rings. The summed E-state index contributed by atoms with van der Waals surface area (Å²) in [5.41, 5.74) is 16.0. The van der Waals surface area contributed by atoms with Crippen molar-refractivity contribution in [3.8, 4) is 0 Å². The lowest BCUT2D eigenvalue weighted by Gasteiger charge is -2.39. The van der Waals surface area contributed by atoms with Crippen LogP contribution in [0.5, 0.6) is 0 Å². The van der Waals surface area contributed by atoms with Crippen LogP contribution in [0.15, 0.2) is 364 Å². The first-order valence-corrected chi connectivity index (χ1v) is 43.5. The fourth-order valence-corrected chi connectivity index (χ4v) is 17.5. The highest BCUT2D eigenvalue weighted by atomic mass is 16.5. The number of benzene rings is 12. The van der Waals surface area contributed by atoms with Crippen LogP contribution in [0.3, 0.4) is 0 Å². The summed E-state index contributed by atoms with van der Waals surface area (Å²) in [4.78, 5) is 8.32. The summed E-state index contributed by atoms with van der Waals surface area (Å²) in [7, 11) is -2.17. The van der Waals surface area contributed by atoms with Gasteiger partial charge in [-0.15, -0.1) is 0 Å². The molecule has 12 aromatic rings. The van der Waals surface area contributed by atoms with E-state index in [1.54, 1.807) is 0 Å². The van der Waals surface area contributed by atoms with Crippen LogP contribution in [-0.4, -0.2) is 76.4 Å². The van der Waals surface area contributed by atoms with E-state index in [1.807, 2.05) is 0 Å². The first kappa shape index (κ1) is 89.4. The predicted molar refractivity (Wildman–Crippen MR) is 489 cm³/mol. The number of rotatable bonds is 42. The Bertz CT molecular complexity index is 3630. The predicted octanol–water partition coefficient (Wildman–Crippen LogP) is 26.3. The molecule has 0 bridgehead atoms. The van der Waals surface area contributed by atoms with Gasteiger partial charge in [-0.2, -0.15) is 0 Å². The van der Waals surface area contributed by atoms with Crippen LogP contribution in [0.4, 0.5) is 0 Å². The van der Waals surface area contributed by atoms with Gasteiger partial charge in [0.1, 0.15) is 0 Å². The molecule has 0 spiro atoms. The second-order valence-electron chi connectivity index (χ2n) is 31.0. The summed E-state index contributed by atoms with van der Waals surface area (Å²) >= 11 is 0. The van der Waals surface area contributed by atoms with Crippen molar-refractivity contribution < 1.29 is 15.1 Å². The van der Waals surface area contributed by atoms with Crippen molar-refractivity contribution in [3.63, 3.8) is 0 Å². The third-order valence-electron chi connectivity index (χ3n) is 23.4. The van der Waals surface area contributed by atoms with E-state index < -0.39 is 7.32 Å². The standard InChI is InChI=1S/3C36H43N.BH3O3/c3*1-3-5-29-37(30-6-4-2)35(31-19-11-7-12-20-31)27-28-36(32-21-13-8-14-22-32,33-23-15-9-16-24-33)34-25-17-10-18-26-34;2-1(3)4/h3*7-26,35H,3-6,27-30H2,1-2H3;2-4H. The lowest BCUT2D eigenvalue weighted by molar-refractivity contribution is 0.174. The van der Waals surface area contributed by atoms with E-state index in [2.05, 4.69) is 420 Å². The van der Waals surface area contributed by atoms with E-state index >= 15 is 0 Å². The Labute approximate surface area is 694 Å². The van der Waals surface area contributed by atoms with Crippen LogP contribution in [0.25, 0.3) is 0 Å².